The van der Waals surface area contributed by atoms with Crippen LogP contribution in [0.3, 0.4) is 0 Å². The van der Waals surface area contributed by atoms with Crippen LogP contribution in [0.1, 0.15) is 21.9 Å². The zero-order valence-corrected chi connectivity index (χ0v) is 18.5. The van der Waals surface area contributed by atoms with E-state index in [0.29, 0.717) is 33.2 Å². The largest absolute Gasteiger partial charge is 0.345 e. The molecule has 3 aromatic rings. The number of aryl methyl sites for hydroxylation is 1. The molecule has 2 N–H and O–H groups in total. The molecule has 0 spiro atoms. The van der Waals surface area contributed by atoms with Gasteiger partial charge < -0.3 is 15.2 Å². The molecule has 0 aliphatic heterocycles. The number of nitrogens with one attached hydrogen (secondary N) is 2. The van der Waals surface area contributed by atoms with Crippen molar-refractivity contribution < 1.29 is 9.59 Å². The number of hydrogen-bond acceptors (Lipinski definition) is 7. The van der Waals surface area contributed by atoms with Crippen molar-refractivity contribution in [3.05, 3.63) is 64.4 Å². The summed E-state index contributed by atoms with van der Waals surface area (Å²) in [4.78, 5) is 28.7. The third-order valence-electron chi connectivity index (χ3n) is 3.82. The molecule has 0 radical (unpaired) electrons. The Morgan fingerprint density at radius 2 is 2.07 bits per heavy atom. The summed E-state index contributed by atoms with van der Waals surface area (Å²) >= 11 is 8.48. The molecule has 3 rings (SSSR count). The summed E-state index contributed by atoms with van der Waals surface area (Å²) < 4.78 is 1.81. The maximum absolute atomic E-state index is 12.3. The van der Waals surface area contributed by atoms with Crippen molar-refractivity contribution in [3.63, 3.8) is 0 Å². The van der Waals surface area contributed by atoms with Crippen LogP contribution in [-0.2, 0) is 17.9 Å². The van der Waals surface area contributed by atoms with E-state index in [1.54, 1.807) is 34.9 Å². The molecule has 1 aromatic carbocycles. The zero-order valence-electron chi connectivity index (χ0n) is 16.1. The normalized spacial score (nSPS) is 10.6. The first-order valence-corrected chi connectivity index (χ1v) is 11.1. The highest BCUT2D eigenvalue weighted by Gasteiger charge is 2.15. The predicted molar refractivity (Wildman–Crippen MR) is 119 cm³/mol. The fourth-order valence-electron chi connectivity index (χ4n) is 2.43. The molecule has 0 saturated carbocycles. The maximum atomic E-state index is 12.3. The lowest BCUT2D eigenvalue weighted by atomic mass is 10.2. The Balaban J connectivity index is 1.59. The van der Waals surface area contributed by atoms with E-state index < -0.39 is 0 Å². The van der Waals surface area contributed by atoms with Crippen LogP contribution in [0.25, 0.3) is 0 Å². The second kappa shape index (κ2) is 10.4. The van der Waals surface area contributed by atoms with Gasteiger partial charge >= 0.3 is 0 Å². The Morgan fingerprint density at radius 1 is 1.30 bits per heavy atom. The zero-order chi connectivity index (χ0) is 21.5. The predicted octanol–water partition coefficient (Wildman–Crippen LogP) is 3.54. The highest BCUT2D eigenvalue weighted by molar-refractivity contribution is 7.99. The molecule has 11 heteroatoms. The second-order valence-corrected chi connectivity index (χ2v) is 8.36. The van der Waals surface area contributed by atoms with Gasteiger partial charge in [-0.1, -0.05) is 29.4 Å². The molecule has 2 amide bonds. The number of nitrogens with zero attached hydrogens (tertiary/aromatic N) is 4. The average molecular weight is 463 g/mol. The number of thiazole rings is 1. The van der Waals surface area contributed by atoms with Crippen molar-refractivity contribution in [2.75, 3.05) is 11.1 Å². The van der Waals surface area contributed by atoms with Crippen molar-refractivity contribution >= 4 is 51.6 Å². The van der Waals surface area contributed by atoms with Gasteiger partial charge in [0.05, 0.1) is 18.0 Å². The van der Waals surface area contributed by atoms with Crippen molar-refractivity contribution in [1.82, 2.24) is 25.1 Å². The molecule has 0 fully saturated rings. The lowest BCUT2D eigenvalue weighted by Crippen LogP contribution is -2.24. The Labute approximate surface area is 186 Å². The molecule has 0 aliphatic rings. The lowest BCUT2D eigenvalue weighted by Gasteiger charge is -2.09. The number of benzene rings is 1. The first kappa shape index (κ1) is 22.0. The Morgan fingerprint density at radius 3 is 2.73 bits per heavy atom. The molecular weight excluding hydrogens is 444 g/mol. The van der Waals surface area contributed by atoms with Crippen molar-refractivity contribution in [1.29, 1.82) is 0 Å². The molecular formula is C19H19ClN6O2S2. The Hall–Kier alpha value is -2.69. The molecule has 0 bridgehead atoms. The first-order valence-electron chi connectivity index (χ1n) is 8.87. The van der Waals surface area contributed by atoms with Gasteiger partial charge in [-0.25, -0.2) is 4.98 Å². The molecule has 2 aromatic heterocycles. The van der Waals surface area contributed by atoms with Gasteiger partial charge in [0.15, 0.2) is 16.1 Å². The van der Waals surface area contributed by atoms with Crippen LogP contribution in [0.15, 0.2) is 47.5 Å². The van der Waals surface area contributed by atoms with Crippen LogP contribution in [0.5, 0.6) is 0 Å². The molecule has 156 valence electrons. The van der Waals surface area contributed by atoms with Gasteiger partial charge in [0.1, 0.15) is 0 Å². The minimum atomic E-state index is -0.243. The summed E-state index contributed by atoms with van der Waals surface area (Å²) in [5.74, 6) is 0.299. The van der Waals surface area contributed by atoms with Crippen LogP contribution in [0.2, 0.25) is 5.02 Å². The molecule has 0 atom stereocenters. The second-order valence-electron chi connectivity index (χ2n) is 6.12. The molecule has 0 saturated heterocycles. The number of carbonyl (C=O) groups excluding carboxylic acids is 2. The minimum absolute atomic E-state index is 0.158. The average Bonchev–Trinajstić information content (AvgIpc) is 3.31. The topological polar surface area (TPSA) is 102 Å². The summed E-state index contributed by atoms with van der Waals surface area (Å²) in [6, 6.07) is 6.61. The van der Waals surface area contributed by atoms with Gasteiger partial charge in [0, 0.05) is 22.5 Å². The van der Waals surface area contributed by atoms with E-state index in [-0.39, 0.29) is 24.1 Å². The Kier molecular flexibility index (Phi) is 7.61. The number of hydrogen-bond donors (Lipinski definition) is 2. The number of aromatic nitrogens is 4. The minimum Gasteiger partial charge on any atom is -0.345 e. The van der Waals surface area contributed by atoms with E-state index in [2.05, 4.69) is 32.4 Å². The SMILES string of the molecule is C=CCn1c(CNC(=O)c2ccc(Cl)cc2)nnc1SCC(=O)Nc1nc(C)cs1. The number of rotatable bonds is 9. The quantitative estimate of drug-likeness (QED) is 0.372. The molecule has 0 aliphatic carbocycles. The van der Waals surface area contributed by atoms with Crippen LogP contribution >= 0.6 is 34.7 Å². The summed E-state index contributed by atoms with van der Waals surface area (Å²) in [6.45, 7) is 6.26. The maximum Gasteiger partial charge on any atom is 0.251 e. The highest BCUT2D eigenvalue weighted by Crippen LogP contribution is 2.19. The third kappa shape index (κ3) is 5.91. The number of anilines is 1. The van der Waals surface area contributed by atoms with Crippen molar-refractivity contribution in [2.24, 2.45) is 0 Å². The summed E-state index contributed by atoms with van der Waals surface area (Å²) in [5, 5.41) is 17.4. The number of halogens is 1. The van der Waals surface area contributed by atoms with Crippen molar-refractivity contribution in [3.8, 4) is 0 Å². The van der Waals surface area contributed by atoms with E-state index in [9.17, 15) is 9.59 Å². The van der Waals surface area contributed by atoms with Gasteiger partial charge in [-0.15, -0.1) is 28.1 Å². The fraction of sp³-hybridized carbons (Fsp3) is 0.211. The molecule has 2 heterocycles. The lowest BCUT2D eigenvalue weighted by molar-refractivity contribution is -0.113. The number of carbonyl (C=O) groups is 2. The van der Waals surface area contributed by atoms with E-state index in [1.165, 1.54) is 23.1 Å². The van der Waals surface area contributed by atoms with Crippen LogP contribution in [-0.4, -0.2) is 37.3 Å². The summed E-state index contributed by atoms with van der Waals surface area (Å²) in [5.41, 5.74) is 1.36. The molecule has 30 heavy (non-hydrogen) atoms. The smallest absolute Gasteiger partial charge is 0.251 e. The van der Waals surface area contributed by atoms with Crippen molar-refractivity contribution in [2.45, 2.75) is 25.2 Å². The van der Waals surface area contributed by atoms with Gasteiger partial charge in [-0.2, -0.15) is 0 Å². The fourth-order valence-corrected chi connectivity index (χ4v) is 4.03. The highest BCUT2D eigenvalue weighted by atomic mass is 35.5. The monoisotopic (exact) mass is 462 g/mol. The van der Waals surface area contributed by atoms with Crippen LogP contribution < -0.4 is 10.6 Å². The van der Waals surface area contributed by atoms with Gasteiger partial charge in [-0.3, -0.25) is 9.59 Å². The number of allylic oxidation sites excluding steroid dienone is 1. The molecule has 8 nitrogen and oxygen atoms in total. The Bertz CT molecular complexity index is 1050. The van der Waals surface area contributed by atoms with E-state index in [1.807, 2.05) is 12.3 Å². The van der Waals surface area contributed by atoms with Gasteiger partial charge in [0.2, 0.25) is 5.91 Å². The van der Waals surface area contributed by atoms with Gasteiger partial charge in [0.25, 0.3) is 5.91 Å². The third-order valence-corrected chi connectivity index (χ3v) is 5.91. The summed E-state index contributed by atoms with van der Waals surface area (Å²) in [6.07, 6.45) is 1.70. The van der Waals surface area contributed by atoms with E-state index >= 15 is 0 Å². The standard InChI is InChI=1S/C19H19ClN6O2S2/c1-3-8-26-15(9-21-17(28)13-4-6-14(20)7-5-13)24-25-19(26)30-11-16(27)23-18-22-12(2)10-29-18/h3-7,10H,1,8-9,11H2,2H3,(H,21,28)(H,22,23,27). The molecule has 0 unspecified atom stereocenters. The first-order chi connectivity index (χ1) is 14.5. The van der Waals surface area contributed by atoms with Crippen LogP contribution in [0.4, 0.5) is 5.13 Å². The van der Waals surface area contributed by atoms with Gasteiger partial charge in [-0.05, 0) is 31.2 Å². The van der Waals surface area contributed by atoms with E-state index in [4.69, 9.17) is 11.6 Å². The number of thioether (sulfide) groups is 1. The number of amides is 2. The summed E-state index contributed by atoms with van der Waals surface area (Å²) in [7, 11) is 0. The van der Waals surface area contributed by atoms with Crippen LogP contribution in [0, 0.1) is 6.92 Å². The van der Waals surface area contributed by atoms with E-state index in [0.717, 1.165) is 5.69 Å².